The number of aromatic nitrogens is 3. The molecule has 1 heterocycles. The molecule has 0 spiro atoms. The summed E-state index contributed by atoms with van der Waals surface area (Å²) in [6.07, 6.45) is 2.98. The van der Waals surface area contributed by atoms with Gasteiger partial charge in [-0.25, -0.2) is 14.5 Å². The summed E-state index contributed by atoms with van der Waals surface area (Å²) in [6.45, 7) is 4.65. The number of carboxylic acid groups (broad SMARTS) is 1. The van der Waals surface area contributed by atoms with Gasteiger partial charge in [-0.3, -0.25) is 4.79 Å². The second-order valence-electron chi connectivity index (χ2n) is 5.22. The summed E-state index contributed by atoms with van der Waals surface area (Å²) in [4.78, 5) is 27.1. The van der Waals surface area contributed by atoms with E-state index in [4.69, 9.17) is 5.11 Å². The van der Waals surface area contributed by atoms with E-state index >= 15 is 0 Å². The Bertz CT molecular complexity index is 678. The molecule has 0 aliphatic carbocycles. The molecule has 110 valence electrons. The molecule has 0 aliphatic rings. The third kappa shape index (κ3) is 3.07. The number of nitrogens with one attached hydrogen (secondary N) is 1. The highest BCUT2D eigenvalue weighted by Gasteiger charge is 2.29. The normalized spacial score (nSPS) is 11.2. The smallest absolute Gasteiger partial charge is 0.328 e. The van der Waals surface area contributed by atoms with Crippen molar-refractivity contribution in [3.63, 3.8) is 0 Å². The van der Waals surface area contributed by atoms with Gasteiger partial charge in [0, 0.05) is 5.56 Å². The van der Waals surface area contributed by atoms with Crippen LogP contribution in [0.25, 0.3) is 5.69 Å². The molecule has 7 nitrogen and oxygen atoms in total. The largest absolute Gasteiger partial charge is 0.480 e. The summed E-state index contributed by atoms with van der Waals surface area (Å²) in [5.74, 6) is -1.52. The Kier molecular flexibility index (Phi) is 3.75. The fourth-order valence-electron chi connectivity index (χ4n) is 1.79. The lowest BCUT2D eigenvalue weighted by atomic mass is 10.0. The van der Waals surface area contributed by atoms with Crippen molar-refractivity contribution in [2.24, 2.45) is 0 Å². The summed E-state index contributed by atoms with van der Waals surface area (Å²) in [5, 5.41) is 15.5. The van der Waals surface area contributed by atoms with E-state index in [-0.39, 0.29) is 0 Å². The minimum absolute atomic E-state index is 0.424. The lowest BCUT2D eigenvalue weighted by Crippen LogP contribution is -2.49. The lowest BCUT2D eigenvalue weighted by Gasteiger charge is -2.21. The van der Waals surface area contributed by atoms with Crippen molar-refractivity contribution in [3.8, 4) is 5.69 Å². The zero-order valence-electron chi connectivity index (χ0n) is 12.0. The van der Waals surface area contributed by atoms with Gasteiger partial charge in [-0.05, 0) is 44.5 Å². The fraction of sp³-hybridized carbons (Fsp3) is 0.286. The second kappa shape index (κ2) is 5.35. The molecule has 7 heteroatoms. The van der Waals surface area contributed by atoms with Gasteiger partial charge in [-0.15, -0.1) is 0 Å². The van der Waals surface area contributed by atoms with E-state index in [0.717, 1.165) is 11.3 Å². The van der Waals surface area contributed by atoms with E-state index in [1.807, 2.05) is 0 Å². The molecule has 1 aromatic heterocycles. The number of hydrogen-bond donors (Lipinski definition) is 2. The summed E-state index contributed by atoms with van der Waals surface area (Å²) in [7, 11) is 0. The minimum Gasteiger partial charge on any atom is -0.480 e. The molecule has 2 N–H and O–H groups in total. The van der Waals surface area contributed by atoms with E-state index in [1.54, 1.807) is 36.1 Å². The highest BCUT2D eigenvalue weighted by molar-refractivity contribution is 5.98. The monoisotopic (exact) mass is 288 g/mol. The van der Waals surface area contributed by atoms with Gasteiger partial charge in [0.05, 0.1) is 5.69 Å². The summed E-state index contributed by atoms with van der Waals surface area (Å²) < 4.78 is 1.58. The molecule has 0 bridgehead atoms. The number of aryl methyl sites for hydroxylation is 1. The number of benzene rings is 1. The lowest BCUT2D eigenvalue weighted by molar-refractivity contribution is -0.143. The topological polar surface area (TPSA) is 97.1 Å². The zero-order chi connectivity index (χ0) is 15.6. The predicted octanol–water partition coefficient (Wildman–Crippen LogP) is 1.17. The third-order valence-corrected chi connectivity index (χ3v) is 3.10. The van der Waals surface area contributed by atoms with Crippen LogP contribution in [0.4, 0.5) is 0 Å². The number of hydrogen-bond acceptors (Lipinski definition) is 4. The first-order valence-corrected chi connectivity index (χ1v) is 6.33. The molecule has 0 saturated carbocycles. The number of carbonyl (C=O) groups is 2. The first-order valence-electron chi connectivity index (χ1n) is 6.33. The Morgan fingerprint density at radius 2 is 2.05 bits per heavy atom. The number of carboxylic acids is 1. The first kappa shape index (κ1) is 14.7. The van der Waals surface area contributed by atoms with Gasteiger partial charge in [-0.2, -0.15) is 5.10 Å². The van der Waals surface area contributed by atoms with Gasteiger partial charge in [0.2, 0.25) is 0 Å². The molecule has 0 saturated heterocycles. The molecule has 21 heavy (non-hydrogen) atoms. The van der Waals surface area contributed by atoms with E-state index in [2.05, 4.69) is 15.4 Å². The van der Waals surface area contributed by atoms with Crippen LogP contribution < -0.4 is 5.32 Å². The van der Waals surface area contributed by atoms with Crippen molar-refractivity contribution in [2.45, 2.75) is 26.3 Å². The maximum Gasteiger partial charge on any atom is 0.328 e. The molecular formula is C14H16N4O3. The summed E-state index contributed by atoms with van der Waals surface area (Å²) >= 11 is 0. The molecule has 2 aromatic rings. The van der Waals surface area contributed by atoms with Crippen molar-refractivity contribution in [2.75, 3.05) is 0 Å². The standard InChI is InChI=1S/C14H16N4O3/c1-9-6-10(18-8-15-7-16-18)4-5-11(9)12(19)17-14(2,3)13(20)21/h4-8H,1-3H3,(H,17,19)(H,20,21). The Morgan fingerprint density at radius 1 is 1.33 bits per heavy atom. The average Bonchev–Trinajstić information content (AvgIpc) is 2.91. The van der Waals surface area contributed by atoms with Crippen LogP contribution in [0.2, 0.25) is 0 Å². The van der Waals surface area contributed by atoms with Crippen LogP contribution in [0.5, 0.6) is 0 Å². The predicted molar refractivity (Wildman–Crippen MR) is 75.3 cm³/mol. The summed E-state index contributed by atoms with van der Waals surface area (Å²) in [6, 6.07) is 5.15. The molecule has 0 radical (unpaired) electrons. The maximum atomic E-state index is 12.2. The van der Waals surface area contributed by atoms with Crippen LogP contribution >= 0.6 is 0 Å². The van der Waals surface area contributed by atoms with Crippen LogP contribution in [0.1, 0.15) is 29.8 Å². The SMILES string of the molecule is Cc1cc(-n2cncn2)ccc1C(=O)NC(C)(C)C(=O)O. The van der Waals surface area contributed by atoms with E-state index in [0.29, 0.717) is 5.56 Å². The zero-order valence-corrected chi connectivity index (χ0v) is 12.0. The molecule has 0 aliphatic heterocycles. The Morgan fingerprint density at radius 3 is 2.57 bits per heavy atom. The van der Waals surface area contributed by atoms with Crippen LogP contribution in [0, 0.1) is 6.92 Å². The number of carbonyl (C=O) groups excluding carboxylic acids is 1. The number of amides is 1. The second-order valence-corrected chi connectivity index (χ2v) is 5.22. The molecular weight excluding hydrogens is 272 g/mol. The number of aliphatic carboxylic acids is 1. The van der Waals surface area contributed by atoms with Crippen LogP contribution in [-0.4, -0.2) is 37.3 Å². The van der Waals surface area contributed by atoms with Crippen molar-refractivity contribution in [1.82, 2.24) is 20.1 Å². The van der Waals surface area contributed by atoms with Crippen molar-refractivity contribution < 1.29 is 14.7 Å². The van der Waals surface area contributed by atoms with Crippen LogP contribution in [0.3, 0.4) is 0 Å². The fourth-order valence-corrected chi connectivity index (χ4v) is 1.79. The van der Waals surface area contributed by atoms with Gasteiger partial charge in [-0.1, -0.05) is 0 Å². The molecule has 1 aromatic carbocycles. The number of nitrogens with zero attached hydrogens (tertiary/aromatic N) is 3. The molecule has 0 unspecified atom stereocenters. The third-order valence-electron chi connectivity index (χ3n) is 3.10. The highest BCUT2D eigenvalue weighted by atomic mass is 16.4. The Balaban J connectivity index is 2.25. The van der Waals surface area contributed by atoms with Crippen LogP contribution in [-0.2, 0) is 4.79 Å². The molecule has 1 amide bonds. The van der Waals surface area contributed by atoms with Gasteiger partial charge >= 0.3 is 5.97 Å². The van der Waals surface area contributed by atoms with E-state index in [1.165, 1.54) is 20.2 Å². The van der Waals surface area contributed by atoms with Crippen molar-refractivity contribution >= 4 is 11.9 Å². The molecule has 0 atom stereocenters. The quantitative estimate of drug-likeness (QED) is 0.880. The maximum absolute atomic E-state index is 12.2. The Hall–Kier alpha value is -2.70. The van der Waals surface area contributed by atoms with Crippen molar-refractivity contribution in [1.29, 1.82) is 0 Å². The Labute approximate surface area is 121 Å². The minimum atomic E-state index is -1.33. The number of rotatable bonds is 4. The first-order chi connectivity index (χ1) is 9.81. The van der Waals surface area contributed by atoms with E-state index in [9.17, 15) is 9.59 Å². The van der Waals surface area contributed by atoms with Gasteiger partial charge in [0.1, 0.15) is 18.2 Å². The molecule has 0 fully saturated rings. The van der Waals surface area contributed by atoms with Gasteiger partial charge < -0.3 is 10.4 Å². The molecule has 2 rings (SSSR count). The van der Waals surface area contributed by atoms with Gasteiger partial charge in [0.15, 0.2) is 0 Å². The van der Waals surface area contributed by atoms with Crippen LogP contribution in [0.15, 0.2) is 30.9 Å². The van der Waals surface area contributed by atoms with Crippen molar-refractivity contribution in [3.05, 3.63) is 42.0 Å². The highest BCUT2D eigenvalue weighted by Crippen LogP contribution is 2.15. The van der Waals surface area contributed by atoms with Gasteiger partial charge in [0.25, 0.3) is 5.91 Å². The van der Waals surface area contributed by atoms with E-state index < -0.39 is 17.4 Å². The summed E-state index contributed by atoms with van der Waals surface area (Å²) in [5.41, 5.74) is 0.600. The average molecular weight is 288 g/mol.